The highest BCUT2D eigenvalue weighted by Crippen LogP contribution is 2.51. The SMILES string of the molecule is C1=C2C=C3C(C1)c1ccccc1N3C1=CC=C(CC1)c1cccc(c1)-c1ccc3c(c1)c1ccccc1n3-c1cccc(c1)-c1ccc(cc1)-n1c3c(c4cc2ccc41)=CCCC=3. The van der Waals surface area contributed by atoms with E-state index in [0.29, 0.717) is 5.92 Å². The van der Waals surface area contributed by atoms with Crippen molar-refractivity contribution in [2.24, 2.45) is 0 Å². The van der Waals surface area contributed by atoms with Gasteiger partial charge >= 0.3 is 0 Å². The van der Waals surface area contributed by atoms with Gasteiger partial charge in [0, 0.05) is 61.1 Å². The average Bonchev–Trinajstić information content (AvgIpc) is 3.99. The first-order valence-corrected chi connectivity index (χ1v) is 22.6. The van der Waals surface area contributed by atoms with Crippen molar-refractivity contribution < 1.29 is 0 Å². The van der Waals surface area contributed by atoms with Gasteiger partial charge in [-0.25, -0.2) is 0 Å². The fraction of sp³-hybridized carbons (Fsp3) is 0.100. The standard InChI is InChI=1S/C60H43N3/c1-4-16-55-49(13-1)52-30-23-45-37-60(52)62(55)47-28-19-38(20-29-47)40-9-7-10-41(33-40)43-24-32-59-54(35-43)51-15-3-6-18-57(51)63(59)48-12-8-11-42(34-48)39-21-26-46(27-22-39)61-56-17-5-2-14-50(56)53-36-44(45)25-31-58(53)61/h1,3-4,6-19,21-28,31-37,52H,2,5,20,29-30H2. The van der Waals surface area contributed by atoms with Crippen LogP contribution in [0.2, 0.25) is 0 Å². The number of hydrogen-bond acceptors (Lipinski definition) is 1. The molecular formula is C60H43N3. The number of hydrogen-bond donors (Lipinski definition) is 0. The van der Waals surface area contributed by atoms with Gasteiger partial charge in [-0.15, -0.1) is 0 Å². The minimum atomic E-state index is 0.352. The van der Waals surface area contributed by atoms with E-state index in [0.717, 1.165) is 37.8 Å². The maximum atomic E-state index is 2.59. The number of benzene rings is 7. The molecule has 0 amide bonds. The van der Waals surface area contributed by atoms with Gasteiger partial charge in [0.05, 0.1) is 16.6 Å². The molecule has 298 valence electrons. The van der Waals surface area contributed by atoms with Crippen LogP contribution in [0.25, 0.3) is 89.6 Å². The summed E-state index contributed by atoms with van der Waals surface area (Å²) in [5.74, 6) is 0.352. The monoisotopic (exact) mass is 805 g/mol. The Morgan fingerprint density at radius 3 is 2.10 bits per heavy atom. The molecule has 3 heteroatoms. The van der Waals surface area contributed by atoms with Crippen LogP contribution >= 0.6 is 0 Å². The smallest absolute Gasteiger partial charge is 0.0541 e. The molecule has 11 heterocycles. The second-order valence-electron chi connectivity index (χ2n) is 17.9. The summed E-state index contributed by atoms with van der Waals surface area (Å²) in [5.41, 5.74) is 21.8. The van der Waals surface area contributed by atoms with Crippen LogP contribution in [0.4, 0.5) is 5.69 Å². The molecule has 9 aliphatic heterocycles. The lowest BCUT2D eigenvalue weighted by atomic mass is 9.87. The molecule has 1 atom stereocenters. The minimum absolute atomic E-state index is 0.352. The number of nitrogens with zero attached hydrogens (tertiary/aromatic N) is 3. The van der Waals surface area contributed by atoms with Crippen LogP contribution in [0, 0.1) is 0 Å². The normalized spacial score (nSPS) is 17.0. The van der Waals surface area contributed by atoms with Gasteiger partial charge in [0.25, 0.3) is 0 Å². The molecule has 7 aromatic carbocycles. The zero-order valence-corrected chi connectivity index (χ0v) is 34.9. The summed E-state index contributed by atoms with van der Waals surface area (Å²) in [5, 5.41) is 6.52. The molecule has 0 N–H and O–H groups in total. The molecule has 21 rings (SSSR count). The molecule has 3 nitrogen and oxygen atoms in total. The molecule has 12 aliphatic rings. The van der Waals surface area contributed by atoms with E-state index >= 15 is 0 Å². The molecule has 0 saturated heterocycles. The minimum Gasteiger partial charge on any atom is -0.317 e. The Hall–Kier alpha value is -7.62. The second kappa shape index (κ2) is 13.4. The summed E-state index contributed by atoms with van der Waals surface area (Å²) in [7, 11) is 0. The van der Waals surface area contributed by atoms with Crippen molar-refractivity contribution in [3.8, 4) is 33.6 Å². The van der Waals surface area contributed by atoms with Gasteiger partial charge in [0.1, 0.15) is 0 Å². The third kappa shape index (κ3) is 5.26. The molecule has 0 spiro atoms. The van der Waals surface area contributed by atoms with E-state index in [2.05, 4.69) is 208 Å². The number of anilines is 1. The number of allylic oxidation sites excluding steroid dienone is 8. The van der Waals surface area contributed by atoms with Crippen LogP contribution in [-0.2, 0) is 0 Å². The van der Waals surface area contributed by atoms with E-state index in [1.807, 2.05) is 0 Å². The van der Waals surface area contributed by atoms with Crippen molar-refractivity contribution in [3.05, 3.63) is 221 Å². The summed E-state index contributed by atoms with van der Waals surface area (Å²) in [6, 6.07) is 59.6. The van der Waals surface area contributed by atoms with E-state index in [1.54, 1.807) is 0 Å². The van der Waals surface area contributed by atoms with Gasteiger partial charge in [-0.1, -0.05) is 115 Å². The van der Waals surface area contributed by atoms with Crippen molar-refractivity contribution >= 4 is 61.7 Å². The van der Waals surface area contributed by atoms with Crippen LogP contribution in [0.3, 0.4) is 0 Å². The van der Waals surface area contributed by atoms with Gasteiger partial charge in [0.2, 0.25) is 0 Å². The molecule has 18 bridgehead atoms. The lowest BCUT2D eigenvalue weighted by molar-refractivity contribution is 0.800. The van der Waals surface area contributed by atoms with Crippen molar-refractivity contribution in [1.82, 2.24) is 9.13 Å². The summed E-state index contributed by atoms with van der Waals surface area (Å²) in [4.78, 5) is 2.59. The van der Waals surface area contributed by atoms with Gasteiger partial charge in [-0.05, 0) is 161 Å². The Morgan fingerprint density at radius 1 is 0.460 bits per heavy atom. The first-order valence-electron chi connectivity index (χ1n) is 22.6. The summed E-state index contributed by atoms with van der Waals surface area (Å²) < 4.78 is 4.92. The van der Waals surface area contributed by atoms with Gasteiger partial charge in [0.15, 0.2) is 0 Å². The number of rotatable bonds is 0. The molecule has 3 aliphatic carbocycles. The van der Waals surface area contributed by atoms with E-state index in [1.165, 1.54) is 116 Å². The maximum absolute atomic E-state index is 2.59. The van der Waals surface area contributed by atoms with Gasteiger partial charge < -0.3 is 14.0 Å². The Kier molecular flexibility index (Phi) is 7.47. The average molecular weight is 806 g/mol. The van der Waals surface area contributed by atoms with Gasteiger partial charge in [-0.2, -0.15) is 0 Å². The summed E-state index contributed by atoms with van der Waals surface area (Å²) >= 11 is 0. The lowest BCUT2D eigenvalue weighted by Crippen LogP contribution is -2.30. The Bertz CT molecular complexity index is 3710. The number of para-hydroxylation sites is 2. The predicted molar refractivity (Wildman–Crippen MR) is 264 cm³/mol. The first-order chi connectivity index (χ1) is 31.2. The van der Waals surface area contributed by atoms with E-state index < -0.39 is 0 Å². The molecule has 63 heavy (non-hydrogen) atoms. The van der Waals surface area contributed by atoms with E-state index in [9.17, 15) is 0 Å². The highest BCUT2D eigenvalue weighted by atomic mass is 15.2. The van der Waals surface area contributed by atoms with Crippen LogP contribution < -0.4 is 15.5 Å². The molecule has 0 fully saturated rings. The third-order valence-corrected chi connectivity index (χ3v) is 14.5. The van der Waals surface area contributed by atoms with Crippen LogP contribution in [0.5, 0.6) is 0 Å². The zero-order valence-electron chi connectivity index (χ0n) is 34.9. The van der Waals surface area contributed by atoms with Crippen LogP contribution in [0.15, 0.2) is 193 Å². The fourth-order valence-electron chi connectivity index (χ4n) is 11.5. The molecule has 1 unspecified atom stereocenters. The van der Waals surface area contributed by atoms with Crippen molar-refractivity contribution in [2.45, 2.75) is 38.0 Å². The fourth-order valence-corrected chi connectivity index (χ4v) is 11.5. The quantitative estimate of drug-likeness (QED) is 0.149. The highest BCUT2D eigenvalue weighted by Gasteiger charge is 2.37. The second-order valence-corrected chi connectivity index (χ2v) is 17.9. The summed E-state index contributed by atoms with van der Waals surface area (Å²) in [6.45, 7) is 0. The molecule has 0 saturated carbocycles. The van der Waals surface area contributed by atoms with Crippen molar-refractivity contribution in [3.63, 3.8) is 0 Å². The molecular weight excluding hydrogens is 763 g/mol. The molecule has 2 aromatic heterocycles. The predicted octanol–water partition coefficient (Wildman–Crippen LogP) is 13.8. The van der Waals surface area contributed by atoms with Crippen molar-refractivity contribution in [2.75, 3.05) is 4.90 Å². The largest absolute Gasteiger partial charge is 0.317 e. The third-order valence-electron chi connectivity index (χ3n) is 14.5. The van der Waals surface area contributed by atoms with Crippen molar-refractivity contribution in [1.29, 1.82) is 0 Å². The van der Waals surface area contributed by atoms with E-state index in [-0.39, 0.29) is 0 Å². The Balaban J connectivity index is 0.989. The van der Waals surface area contributed by atoms with E-state index in [4.69, 9.17) is 0 Å². The lowest BCUT2D eigenvalue weighted by Gasteiger charge is -2.30. The highest BCUT2D eigenvalue weighted by molar-refractivity contribution is 6.10. The Morgan fingerprint density at radius 2 is 1.19 bits per heavy atom. The number of aromatic nitrogens is 2. The maximum Gasteiger partial charge on any atom is 0.0541 e. The number of fused-ring (bicyclic) bond motifs is 4. The zero-order chi connectivity index (χ0) is 41.2. The topological polar surface area (TPSA) is 13.1 Å². The molecule has 9 aromatic rings. The van der Waals surface area contributed by atoms with Crippen LogP contribution in [0.1, 0.15) is 54.7 Å². The van der Waals surface area contributed by atoms with Gasteiger partial charge in [-0.3, -0.25) is 0 Å². The van der Waals surface area contributed by atoms with Crippen LogP contribution in [-0.4, -0.2) is 9.13 Å². The summed E-state index contributed by atoms with van der Waals surface area (Å²) in [6.07, 6.45) is 19.8. The molecule has 0 radical (unpaired) electrons. The Labute approximate surface area is 366 Å². The first kappa shape index (κ1) is 35.0.